The van der Waals surface area contributed by atoms with E-state index in [-0.39, 0.29) is 0 Å². The van der Waals surface area contributed by atoms with Crippen LogP contribution in [0.5, 0.6) is 0 Å². The van der Waals surface area contributed by atoms with Crippen LogP contribution in [0, 0.1) is 19.8 Å². The van der Waals surface area contributed by atoms with Gasteiger partial charge in [0.05, 0.1) is 16.8 Å². The molecule has 0 atom stereocenters. The first-order valence-corrected chi connectivity index (χ1v) is 12.2. The molecule has 3 heterocycles. The van der Waals surface area contributed by atoms with Crippen LogP contribution in [0.1, 0.15) is 60.2 Å². The molecule has 1 fully saturated rings. The van der Waals surface area contributed by atoms with Crippen molar-refractivity contribution >= 4 is 11.0 Å². The monoisotopic (exact) mass is 422 g/mol. The van der Waals surface area contributed by atoms with Crippen molar-refractivity contribution in [3.05, 3.63) is 76.7 Å². The predicted octanol–water partition coefficient (Wildman–Crippen LogP) is 6.16. The molecule has 1 aliphatic carbocycles. The van der Waals surface area contributed by atoms with Crippen molar-refractivity contribution < 1.29 is 4.57 Å². The Bertz CT molecular complexity index is 1340. The van der Waals surface area contributed by atoms with E-state index in [9.17, 15) is 0 Å². The number of hydrogen-bond acceptors (Lipinski definition) is 1. The predicted molar refractivity (Wildman–Crippen MR) is 130 cm³/mol. The zero-order chi connectivity index (χ0) is 21.8. The van der Waals surface area contributed by atoms with Gasteiger partial charge in [0.15, 0.2) is 6.20 Å². The van der Waals surface area contributed by atoms with Crippen LogP contribution in [0.15, 0.2) is 48.7 Å². The maximum atomic E-state index is 5.20. The topological polar surface area (TPSA) is 21.7 Å². The number of nitrogens with zero attached hydrogens (tertiary/aromatic N) is 3. The number of rotatable bonds is 3. The summed E-state index contributed by atoms with van der Waals surface area (Å²) in [6.45, 7) is 4.51. The van der Waals surface area contributed by atoms with Crippen LogP contribution in [-0.4, -0.2) is 9.55 Å². The van der Waals surface area contributed by atoms with Crippen molar-refractivity contribution in [2.45, 2.75) is 58.8 Å². The summed E-state index contributed by atoms with van der Waals surface area (Å²) in [5, 5.41) is 0. The van der Waals surface area contributed by atoms with Crippen LogP contribution in [-0.2, 0) is 19.9 Å². The van der Waals surface area contributed by atoms with Gasteiger partial charge in [-0.2, -0.15) is 0 Å². The Morgan fingerprint density at radius 3 is 2.66 bits per heavy atom. The standard InChI is InChI=1S/C29H32N3/c1-19-13-14-25-29(30-27-17-22-11-7-8-12-24(22)32(25)27)28(19)26-16-23(20(2)18-31(26)3)15-21-9-5-4-6-10-21/h7-8,11-14,16,18,21H,4-6,9-10,15,17H2,1-3H3/q+1. The third-order valence-corrected chi connectivity index (χ3v) is 7.76. The summed E-state index contributed by atoms with van der Waals surface area (Å²) >= 11 is 0. The highest BCUT2D eigenvalue weighted by molar-refractivity contribution is 5.94. The van der Waals surface area contributed by atoms with Gasteiger partial charge in [0.2, 0.25) is 5.69 Å². The first kappa shape index (κ1) is 19.7. The number of para-hydroxylation sites is 1. The lowest BCUT2D eigenvalue weighted by molar-refractivity contribution is -0.660. The van der Waals surface area contributed by atoms with E-state index < -0.39 is 0 Å². The molecular weight excluding hydrogens is 390 g/mol. The Hall–Kier alpha value is -2.94. The van der Waals surface area contributed by atoms with Gasteiger partial charge in [-0.1, -0.05) is 56.4 Å². The van der Waals surface area contributed by atoms with E-state index in [4.69, 9.17) is 4.98 Å². The van der Waals surface area contributed by atoms with Crippen LogP contribution in [0.2, 0.25) is 0 Å². The molecule has 2 aliphatic rings. The summed E-state index contributed by atoms with van der Waals surface area (Å²) in [6, 6.07) is 15.7. The zero-order valence-electron chi connectivity index (χ0n) is 19.5. The average Bonchev–Trinajstić information content (AvgIpc) is 3.33. The molecule has 0 amide bonds. The second-order valence-corrected chi connectivity index (χ2v) is 9.98. The van der Waals surface area contributed by atoms with Crippen LogP contribution in [0.25, 0.3) is 28.0 Å². The molecule has 3 nitrogen and oxygen atoms in total. The van der Waals surface area contributed by atoms with Gasteiger partial charge in [-0.3, -0.25) is 4.57 Å². The fourth-order valence-corrected chi connectivity index (χ4v) is 6.05. The second-order valence-electron chi connectivity index (χ2n) is 9.98. The number of hydrogen-bond donors (Lipinski definition) is 0. The van der Waals surface area contributed by atoms with Crippen LogP contribution in [0.3, 0.4) is 0 Å². The summed E-state index contributed by atoms with van der Waals surface area (Å²) in [5.41, 5.74) is 11.8. The summed E-state index contributed by atoms with van der Waals surface area (Å²) in [5.74, 6) is 2.00. The molecule has 2 aromatic carbocycles. The Labute approximate surface area is 190 Å². The molecule has 2 aromatic heterocycles. The van der Waals surface area contributed by atoms with Gasteiger partial charge in [0.25, 0.3) is 0 Å². The van der Waals surface area contributed by atoms with Crippen molar-refractivity contribution in [2.24, 2.45) is 13.0 Å². The Morgan fingerprint density at radius 1 is 1.00 bits per heavy atom. The molecular formula is C29H32N3+. The first-order valence-electron chi connectivity index (χ1n) is 12.2. The van der Waals surface area contributed by atoms with Crippen LogP contribution in [0.4, 0.5) is 0 Å². The maximum Gasteiger partial charge on any atom is 0.215 e. The summed E-state index contributed by atoms with van der Waals surface area (Å²) in [6.07, 6.45) is 11.4. The number of aryl methyl sites for hydroxylation is 3. The maximum absolute atomic E-state index is 5.20. The smallest absolute Gasteiger partial charge is 0.215 e. The number of aromatic nitrogens is 3. The lowest BCUT2D eigenvalue weighted by Gasteiger charge is -2.22. The highest BCUT2D eigenvalue weighted by Gasteiger charge is 2.27. The molecule has 162 valence electrons. The largest absolute Gasteiger partial charge is 0.296 e. The number of pyridine rings is 1. The highest BCUT2D eigenvalue weighted by atomic mass is 15.1. The van der Waals surface area contributed by atoms with E-state index in [1.54, 1.807) is 0 Å². The van der Waals surface area contributed by atoms with Gasteiger partial charge in [-0.15, -0.1) is 0 Å². The molecule has 0 unspecified atom stereocenters. The minimum atomic E-state index is 0.841. The van der Waals surface area contributed by atoms with Crippen molar-refractivity contribution in [3.8, 4) is 16.9 Å². The lowest BCUT2D eigenvalue weighted by Crippen LogP contribution is -2.32. The Balaban J connectivity index is 1.50. The summed E-state index contributed by atoms with van der Waals surface area (Å²) in [4.78, 5) is 5.20. The van der Waals surface area contributed by atoms with E-state index in [0.29, 0.717) is 0 Å². The molecule has 32 heavy (non-hydrogen) atoms. The van der Waals surface area contributed by atoms with Gasteiger partial charge in [-0.25, -0.2) is 9.55 Å². The molecule has 0 saturated heterocycles. The van der Waals surface area contributed by atoms with E-state index in [2.05, 4.69) is 78.7 Å². The molecule has 6 rings (SSSR count). The van der Waals surface area contributed by atoms with E-state index in [1.165, 1.54) is 83.2 Å². The van der Waals surface area contributed by atoms with E-state index in [1.807, 2.05) is 0 Å². The molecule has 4 aromatic rings. The average molecular weight is 423 g/mol. The highest BCUT2D eigenvalue weighted by Crippen LogP contribution is 2.37. The second kappa shape index (κ2) is 7.58. The minimum Gasteiger partial charge on any atom is -0.296 e. The van der Waals surface area contributed by atoms with Crippen LogP contribution >= 0.6 is 0 Å². The van der Waals surface area contributed by atoms with E-state index >= 15 is 0 Å². The van der Waals surface area contributed by atoms with Gasteiger partial charge in [0.1, 0.15) is 18.4 Å². The van der Waals surface area contributed by atoms with Crippen LogP contribution < -0.4 is 4.57 Å². The van der Waals surface area contributed by atoms with E-state index in [0.717, 1.165) is 23.7 Å². The Kier molecular flexibility index (Phi) is 4.67. The zero-order valence-corrected chi connectivity index (χ0v) is 19.5. The molecule has 3 heteroatoms. The molecule has 1 aliphatic heterocycles. The van der Waals surface area contributed by atoms with Gasteiger partial charge >= 0.3 is 0 Å². The van der Waals surface area contributed by atoms with Gasteiger partial charge < -0.3 is 0 Å². The fraction of sp³-hybridized carbons (Fsp3) is 0.379. The number of imidazole rings is 1. The molecule has 0 radical (unpaired) electrons. The SMILES string of the molecule is Cc1c[n+](C)c(-c2c(C)ccc3c2nc2n3-c3ccccc3C2)cc1CC1CCCCC1. The normalized spacial score (nSPS) is 15.8. The quantitative estimate of drug-likeness (QED) is 0.319. The van der Waals surface area contributed by atoms with Gasteiger partial charge in [-0.05, 0) is 55.0 Å². The number of benzene rings is 2. The van der Waals surface area contributed by atoms with Gasteiger partial charge in [0, 0.05) is 18.1 Å². The molecule has 0 bridgehead atoms. The third kappa shape index (κ3) is 3.09. The lowest BCUT2D eigenvalue weighted by atomic mass is 9.84. The number of fused-ring (bicyclic) bond motifs is 5. The molecule has 1 saturated carbocycles. The summed E-state index contributed by atoms with van der Waals surface area (Å²) < 4.78 is 4.67. The Morgan fingerprint density at radius 2 is 1.81 bits per heavy atom. The first-order chi connectivity index (χ1) is 15.6. The van der Waals surface area contributed by atoms with Crippen molar-refractivity contribution in [1.29, 1.82) is 0 Å². The van der Waals surface area contributed by atoms with Crippen molar-refractivity contribution in [3.63, 3.8) is 0 Å². The third-order valence-electron chi connectivity index (χ3n) is 7.76. The molecule has 0 N–H and O–H groups in total. The minimum absolute atomic E-state index is 0.841. The summed E-state index contributed by atoms with van der Waals surface area (Å²) in [7, 11) is 2.18. The fourth-order valence-electron chi connectivity index (χ4n) is 6.05. The molecule has 0 spiro atoms. The van der Waals surface area contributed by atoms with Crippen molar-refractivity contribution in [2.75, 3.05) is 0 Å². The van der Waals surface area contributed by atoms with Crippen molar-refractivity contribution in [1.82, 2.24) is 9.55 Å².